The minimum Gasteiger partial charge on any atom is -0.454 e. The molecule has 0 saturated heterocycles. The maximum atomic E-state index is 13.2. The van der Waals surface area contributed by atoms with Crippen LogP contribution >= 0.6 is 0 Å². The van der Waals surface area contributed by atoms with E-state index in [1.165, 1.54) is 12.1 Å². The molecule has 0 spiro atoms. The zero-order valence-electron chi connectivity index (χ0n) is 9.81. The largest absolute Gasteiger partial charge is 0.454 e. The van der Waals surface area contributed by atoms with Crippen molar-refractivity contribution in [1.29, 1.82) is 0 Å². The standard InChI is InChI=1S/C14H9FN2O2/c15-9-3-1-2-8(4-9)14-16-10-5-12-13(19-7-18-12)6-11(10)17-14/h1-6H,7H2,(H,16,17). The third-order valence-corrected chi connectivity index (χ3v) is 3.07. The molecule has 1 N–H and O–H groups in total. The number of nitrogens with zero attached hydrogens (tertiary/aromatic N) is 1. The van der Waals surface area contributed by atoms with Gasteiger partial charge < -0.3 is 14.5 Å². The second-order valence-electron chi connectivity index (χ2n) is 4.32. The van der Waals surface area contributed by atoms with E-state index in [0.29, 0.717) is 22.9 Å². The van der Waals surface area contributed by atoms with E-state index >= 15 is 0 Å². The molecule has 0 fully saturated rings. The number of halogens is 1. The Morgan fingerprint density at radius 3 is 2.79 bits per heavy atom. The molecule has 1 aromatic heterocycles. The Bertz CT molecular complexity index is 741. The Morgan fingerprint density at radius 2 is 1.95 bits per heavy atom. The topological polar surface area (TPSA) is 47.1 Å². The van der Waals surface area contributed by atoms with Crippen LogP contribution in [0.15, 0.2) is 36.4 Å². The van der Waals surface area contributed by atoms with E-state index in [2.05, 4.69) is 9.97 Å². The summed E-state index contributed by atoms with van der Waals surface area (Å²) in [6, 6.07) is 9.97. The van der Waals surface area contributed by atoms with Crippen LogP contribution in [0.2, 0.25) is 0 Å². The highest BCUT2D eigenvalue weighted by atomic mass is 19.1. The summed E-state index contributed by atoms with van der Waals surface area (Å²) in [5, 5.41) is 0. The normalized spacial score (nSPS) is 13.1. The molecule has 3 aromatic rings. The average Bonchev–Trinajstić information content (AvgIpc) is 3.00. The van der Waals surface area contributed by atoms with E-state index in [-0.39, 0.29) is 12.6 Å². The van der Waals surface area contributed by atoms with Crippen LogP contribution in [0.3, 0.4) is 0 Å². The number of benzene rings is 2. The van der Waals surface area contributed by atoms with Crippen LogP contribution in [-0.4, -0.2) is 16.8 Å². The molecule has 0 atom stereocenters. The van der Waals surface area contributed by atoms with Crippen molar-refractivity contribution in [3.63, 3.8) is 0 Å². The maximum Gasteiger partial charge on any atom is 0.231 e. The van der Waals surface area contributed by atoms with Gasteiger partial charge in [-0.25, -0.2) is 9.37 Å². The number of H-pyrrole nitrogens is 1. The van der Waals surface area contributed by atoms with Gasteiger partial charge in [0, 0.05) is 17.7 Å². The lowest BCUT2D eigenvalue weighted by molar-refractivity contribution is 0.174. The van der Waals surface area contributed by atoms with E-state index in [9.17, 15) is 4.39 Å². The monoisotopic (exact) mass is 256 g/mol. The fraction of sp³-hybridized carbons (Fsp3) is 0.0714. The summed E-state index contributed by atoms with van der Waals surface area (Å²) in [5.41, 5.74) is 2.31. The van der Waals surface area contributed by atoms with Gasteiger partial charge >= 0.3 is 0 Å². The molecule has 0 bridgehead atoms. The number of hydrogen-bond acceptors (Lipinski definition) is 3. The van der Waals surface area contributed by atoms with Gasteiger partial charge in [-0.3, -0.25) is 0 Å². The molecule has 4 nitrogen and oxygen atoms in total. The quantitative estimate of drug-likeness (QED) is 0.727. The van der Waals surface area contributed by atoms with E-state index < -0.39 is 0 Å². The first kappa shape index (κ1) is 10.4. The first-order chi connectivity index (χ1) is 9.29. The molecule has 0 unspecified atom stereocenters. The molecule has 5 heteroatoms. The van der Waals surface area contributed by atoms with Crippen molar-refractivity contribution in [2.45, 2.75) is 0 Å². The summed E-state index contributed by atoms with van der Waals surface area (Å²) < 4.78 is 23.8. The van der Waals surface area contributed by atoms with Crippen molar-refractivity contribution in [2.24, 2.45) is 0 Å². The molecular weight excluding hydrogens is 247 g/mol. The van der Waals surface area contributed by atoms with Gasteiger partial charge in [0.1, 0.15) is 11.6 Å². The third kappa shape index (κ3) is 1.62. The smallest absolute Gasteiger partial charge is 0.231 e. The van der Waals surface area contributed by atoms with Crippen LogP contribution in [0.4, 0.5) is 4.39 Å². The second-order valence-corrected chi connectivity index (χ2v) is 4.32. The first-order valence-corrected chi connectivity index (χ1v) is 5.85. The summed E-state index contributed by atoms with van der Waals surface area (Å²) >= 11 is 0. The summed E-state index contributed by atoms with van der Waals surface area (Å²) in [6.07, 6.45) is 0. The van der Waals surface area contributed by atoms with Crippen molar-refractivity contribution in [3.05, 3.63) is 42.2 Å². The summed E-state index contributed by atoms with van der Waals surface area (Å²) in [7, 11) is 0. The van der Waals surface area contributed by atoms with Crippen molar-refractivity contribution >= 4 is 11.0 Å². The minimum atomic E-state index is -0.285. The summed E-state index contributed by atoms with van der Waals surface area (Å²) in [5.74, 6) is 1.72. The number of aromatic nitrogens is 2. The molecule has 1 aliphatic rings. The van der Waals surface area contributed by atoms with Crippen LogP contribution in [0.25, 0.3) is 22.4 Å². The minimum absolute atomic E-state index is 0.235. The zero-order chi connectivity index (χ0) is 12.8. The number of hydrogen-bond donors (Lipinski definition) is 1. The molecule has 0 radical (unpaired) electrons. The lowest BCUT2D eigenvalue weighted by Crippen LogP contribution is -1.92. The molecule has 0 aliphatic carbocycles. The Balaban J connectivity index is 1.88. The predicted octanol–water partition coefficient (Wildman–Crippen LogP) is 3.10. The zero-order valence-corrected chi connectivity index (χ0v) is 9.81. The Kier molecular flexibility index (Phi) is 2.03. The highest BCUT2D eigenvalue weighted by Gasteiger charge is 2.16. The molecule has 2 aromatic carbocycles. The lowest BCUT2D eigenvalue weighted by Gasteiger charge is -1.95. The Labute approximate surface area is 107 Å². The molecular formula is C14H9FN2O2. The molecule has 4 rings (SSSR count). The van der Waals surface area contributed by atoms with Gasteiger partial charge in [-0.15, -0.1) is 0 Å². The van der Waals surface area contributed by atoms with E-state index in [1.54, 1.807) is 6.07 Å². The predicted molar refractivity (Wildman–Crippen MR) is 67.6 cm³/mol. The summed E-state index contributed by atoms with van der Waals surface area (Å²) in [6.45, 7) is 0.235. The molecule has 2 heterocycles. The van der Waals surface area contributed by atoms with Crippen molar-refractivity contribution in [3.8, 4) is 22.9 Å². The molecule has 94 valence electrons. The SMILES string of the molecule is Fc1cccc(-c2nc3cc4c(cc3[nH]2)OCO4)c1. The van der Waals surface area contributed by atoms with Gasteiger partial charge in [-0.05, 0) is 12.1 Å². The number of nitrogens with one attached hydrogen (secondary N) is 1. The number of ether oxygens (including phenoxy) is 2. The molecule has 0 amide bonds. The molecule has 0 saturated carbocycles. The van der Waals surface area contributed by atoms with Gasteiger partial charge in [0.15, 0.2) is 11.5 Å². The Hall–Kier alpha value is -2.56. The fourth-order valence-corrected chi connectivity index (χ4v) is 2.17. The number of imidazole rings is 1. The van der Waals surface area contributed by atoms with Crippen LogP contribution in [0, 0.1) is 5.82 Å². The van der Waals surface area contributed by atoms with Gasteiger partial charge in [0.2, 0.25) is 6.79 Å². The van der Waals surface area contributed by atoms with Crippen LogP contribution in [0.5, 0.6) is 11.5 Å². The van der Waals surface area contributed by atoms with E-state index in [1.807, 2.05) is 18.2 Å². The van der Waals surface area contributed by atoms with Crippen LogP contribution in [0.1, 0.15) is 0 Å². The number of rotatable bonds is 1. The first-order valence-electron chi connectivity index (χ1n) is 5.85. The average molecular weight is 256 g/mol. The van der Waals surface area contributed by atoms with Crippen molar-refractivity contribution in [2.75, 3.05) is 6.79 Å². The Morgan fingerprint density at radius 1 is 1.11 bits per heavy atom. The van der Waals surface area contributed by atoms with Crippen LogP contribution < -0.4 is 9.47 Å². The maximum absolute atomic E-state index is 13.2. The second kappa shape index (κ2) is 3.71. The number of aromatic amines is 1. The highest BCUT2D eigenvalue weighted by molar-refractivity contribution is 5.83. The van der Waals surface area contributed by atoms with Crippen molar-refractivity contribution < 1.29 is 13.9 Å². The van der Waals surface area contributed by atoms with Gasteiger partial charge in [-0.1, -0.05) is 12.1 Å². The van der Waals surface area contributed by atoms with Gasteiger partial charge in [0.25, 0.3) is 0 Å². The third-order valence-electron chi connectivity index (χ3n) is 3.07. The number of fused-ring (bicyclic) bond motifs is 2. The van der Waals surface area contributed by atoms with E-state index in [4.69, 9.17) is 9.47 Å². The van der Waals surface area contributed by atoms with Gasteiger partial charge in [0.05, 0.1) is 11.0 Å². The lowest BCUT2D eigenvalue weighted by atomic mass is 10.2. The molecule has 19 heavy (non-hydrogen) atoms. The highest BCUT2D eigenvalue weighted by Crippen LogP contribution is 2.36. The van der Waals surface area contributed by atoms with Crippen molar-refractivity contribution in [1.82, 2.24) is 9.97 Å². The molecule has 1 aliphatic heterocycles. The van der Waals surface area contributed by atoms with Crippen LogP contribution in [-0.2, 0) is 0 Å². The van der Waals surface area contributed by atoms with E-state index in [0.717, 1.165) is 11.0 Å². The van der Waals surface area contributed by atoms with Gasteiger partial charge in [-0.2, -0.15) is 0 Å². The fourth-order valence-electron chi connectivity index (χ4n) is 2.17. The summed E-state index contributed by atoms with van der Waals surface area (Å²) in [4.78, 5) is 7.60.